The Hall–Kier alpha value is -0.480. The Balaban J connectivity index is 2.52. The van der Waals surface area contributed by atoms with Crippen LogP contribution in [0.4, 0.5) is 0 Å². The first kappa shape index (κ1) is 13.6. The van der Waals surface area contributed by atoms with Crippen molar-refractivity contribution >= 4 is 11.3 Å². The van der Waals surface area contributed by atoms with Gasteiger partial charge in [-0.15, -0.1) is 21.5 Å². The van der Waals surface area contributed by atoms with Crippen LogP contribution >= 0.6 is 11.3 Å². The lowest BCUT2D eigenvalue weighted by atomic mass is 9.80. The molecule has 0 spiro atoms. The molecule has 1 unspecified atom stereocenters. The number of aryl methyl sites for hydroxylation is 1. The highest BCUT2D eigenvalue weighted by atomic mass is 32.1. The zero-order chi connectivity index (χ0) is 12.2. The topological polar surface area (TPSA) is 51.8 Å². The zero-order valence-corrected chi connectivity index (χ0v) is 11.6. The Morgan fingerprint density at radius 3 is 2.44 bits per heavy atom. The predicted octanol–water partition coefficient (Wildman–Crippen LogP) is 2.65. The van der Waals surface area contributed by atoms with Crippen molar-refractivity contribution in [1.29, 1.82) is 0 Å². The fourth-order valence-electron chi connectivity index (χ4n) is 1.29. The Morgan fingerprint density at radius 1 is 1.25 bits per heavy atom. The molecule has 0 amide bonds. The molecule has 1 rings (SSSR count). The molecule has 0 fully saturated rings. The fraction of sp³-hybridized carbons (Fsp3) is 0.833. The summed E-state index contributed by atoms with van der Waals surface area (Å²) in [5.41, 5.74) is 5.81. The standard InChI is InChI=1S/C12H23N3S/c1-9(12(2,3)4)8-11-15-14-10(16-11)6-5-7-13/h9H,5-8,13H2,1-4H3. The zero-order valence-electron chi connectivity index (χ0n) is 10.8. The Labute approximate surface area is 102 Å². The van der Waals surface area contributed by atoms with E-state index in [0.29, 0.717) is 11.3 Å². The summed E-state index contributed by atoms with van der Waals surface area (Å²) in [5.74, 6) is 0.628. The molecule has 2 N–H and O–H groups in total. The van der Waals surface area contributed by atoms with Gasteiger partial charge in [0.15, 0.2) is 0 Å². The number of hydrogen-bond donors (Lipinski definition) is 1. The van der Waals surface area contributed by atoms with Gasteiger partial charge in [-0.1, -0.05) is 27.7 Å². The number of nitrogens with zero attached hydrogens (tertiary/aromatic N) is 2. The average molecular weight is 241 g/mol. The number of rotatable bonds is 5. The van der Waals surface area contributed by atoms with Crippen LogP contribution in [0.5, 0.6) is 0 Å². The lowest BCUT2D eigenvalue weighted by molar-refractivity contribution is 0.259. The molecule has 1 atom stereocenters. The molecule has 0 aliphatic carbocycles. The Morgan fingerprint density at radius 2 is 1.88 bits per heavy atom. The minimum absolute atomic E-state index is 0.336. The highest BCUT2D eigenvalue weighted by Gasteiger charge is 2.21. The molecule has 3 nitrogen and oxygen atoms in total. The van der Waals surface area contributed by atoms with Crippen molar-refractivity contribution in [3.63, 3.8) is 0 Å². The first-order valence-corrected chi connectivity index (χ1v) is 6.76. The van der Waals surface area contributed by atoms with E-state index in [-0.39, 0.29) is 0 Å². The van der Waals surface area contributed by atoms with Crippen molar-refractivity contribution in [1.82, 2.24) is 10.2 Å². The average Bonchev–Trinajstić information content (AvgIpc) is 2.61. The van der Waals surface area contributed by atoms with Gasteiger partial charge < -0.3 is 5.73 Å². The van der Waals surface area contributed by atoms with Crippen LogP contribution in [0.15, 0.2) is 0 Å². The van der Waals surface area contributed by atoms with Gasteiger partial charge in [0, 0.05) is 12.8 Å². The second-order valence-corrected chi connectivity index (χ2v) is 6.60. The molecule has 0 bridgehead atoms. The third kappa shape index (κ3) is 4.18. The van der Waals surface area contributed by atoms with E-state index < -0.39 is 0 Å². The van der Waals surface area contributed by atoms with Crippen LogP contribution < -0.4 is 5.73 Å². The van der Waals surface area contributed by atoms with Gasteiger partial charge >= 0.3 is 0 Å². The van der Waals surface area contributed by atoms with Crippen molar-refractivity contribution in [2.24, 2.45) is 17.1 Å². The summed E-state index contributed by atoms with van der Waals surface area (Å²) in [5, 5.41) is 10.7. The van der Waals surface area contributed by atoms with E-state index in [1.54, 1.807) is 11.3 Å². The fourth-order valence-corrected chi connectivity index (χ4v) is 2.31. The van der Waals surface area contributed by atoms with Gasteiger partial charge in [-0.2, -0.15) is 0 Å². The summed E-state index contributed by atoms with van der Waals surface area (Å²) in [6, 6.07) is 0. The van der Waals surface area contributed by atoms with E-state index in [1.165, 1.54) is 0 Å². The molecule has 1 aromatic rings. The summed E-state index contributed by atoms with van der Waals surface area (Å²) in [6.07, 6.45) is 3.01. The van der Waals surface area contributed by atoms with Crippen molar-refractivity contribution in [3.8, 4) is 0 Å². The van der Waals surface area contributed by atoms with Gasteiger partial charge in [0.1, 0.15) is 10.0 Å². The van der Waals surface area contributed by atoms with Crippen molar-refractivity contribution < 1.29 is 0 Å². The Bertz CT molecular complexity index is 314. The molecule has 0 radical (unpaired) electrons. The molecule has 0 saturated heterocycles. The highest BCUT2D eigenvalue weighted by molar-refractivity contribution is 7.11. The smallest absolute Gasteiger partial charge is 0.117 e. The van der Waals surface area contributed by atoms with Gasteiger partial charge in [0.25, 0.3) is 0 Å². The van der Waals surface area contributed by atoms with Gasteiger partial charge in [0.05, 0.1) is 0 Å². The first-order valence-electron chi connectivity index (χ1n) is 5.95. The third-order valence-corrected chi connectivity index (χ3v) is 4.07. The summed E-state index contributed by atoms with van der Waals surface area (Å²) >= 11 is 1.74. The Kier molecular flexibility index (Phi) is 4.87. The molecular weight excluding hydrogens is 218 g/mol. The minimum Gasteiger partial charge on any atom is -0.330 e. The van der Waals surface area contributed by atoms with E-state index in [2.05, 4.69) is 37.9 Å². The summed E-state index contributed by atoms with van der Waals surface area (Å²) in [6.45, 7) is 9.82. The number of aromatic nitrogens is 2. The van der Waals surface area contributed by atoms with Gasteiger partial charge in [0.2, 0.25) is 0 Å². The molecule has 92 valence electrons. The molecular formula is C12H23N3S. The molecule has 1 aromatic heterocycles. The van der Waals surface area contributed by atoms with Crippen LogP contribution in [0.2, 0.25) is 0 Å². The second-order valence-electron chi connectivity index (χ2n) is 5.45. The molecule has 1 heterocycles. The quantitative estimate of drug-likeness (QED) is 0.862. The van der Waals surface area contributed by atoms with Crippen LogP contribution in [0.3, 0.4) is 0 Å². The normalized spacial score (nSPS) is 14.1. The molecule has 0 saturated carbocycles. The van der Waals surface area contributed by atoms with E-state index in [9.17, 15) is 0 Å². The minimum atomic E-state index is 0.336. The SMILES string of the molecule is CC(Cc1nnc(CCCN)s1)C(C)(C)C. The van der Waals surface area contributed by atoms with Gasteiger partial charge in [-0.05, 0) is 24.3 Å². The van der Waals surface area contributed by atoms with E-state index in [0.717, 1.165) is 35.8 Å². The maximum Gasteiger partial charge on any atom is 0.117 e. The van der Waals surface area contributed by atoms with Crippen molar-refractivity contribution in [2.45, 2.75) is 47.0 Å². The molecule has 0 aliphatic heterocycles. The van der Waals surface area contributed by atoms with E-state index in [4.69, 9.17) is 5.73 Å². The van der Waals surface area contributed by atoms with Crippen LogP contribution in [0.25, 0.3) is 0 Å². The largest absolute Gasteiger partial charge is 0.330 e. The first-order chi connectivity index (χ1) is 7.43. The third-order valence-electron chi connectivity index (χ3n) is 3.06. The van der Waals surface area contributed by atoms with Crippen molar-refractivity contribution in [2.75, 3.05) is 6.54 Å². The molecule has 0 aromatic carbocycles. The van der Waals surface area contributed by atoms with E-state index >= 15 is 0 Å². The number of nitrogens with two attached hydrogens (primary N) is 1. The van der Waals surface area contributed by atoms with E-state index in [1.807, 2.05) is 0 Å². The molecule has 4 heteroatoms. The summed E-state index contributed by atoms with van der Waals surface area (Å²) in [4.78, 5) is 0. The highest BCUT2D eigenvalue weighted by Crippen LogP contribution is 2.29. The lowest BCUT2D eigenvalue weighted by Crippen LogP contribution is -2.19. The molecule has 16 heavy (non-hydrogen) atoms. The van der Waals surface area contributed by atoms with Crippen molar-refractivity contribution in [3.05, 3.63) is 10.0 Å². The monoisotopic (exact) mass is 241 g/mol. The van der Waals surface area contributed by atoms with Gasteiger partial charge in [-0.3, -0.25) is 0 Å². The predicted molar refractivity (Wildman–Crippen MR) is 69.6 cm³/mol. The van der Waals surface area contributed by atoms with Gasteiger partial charge in [-0.25, -0.2) is 0 Å². The number of hydrogen-bond acceptors (Lipinski definition) is 4. The maximum atomic E-state index is 5.48. The summed E-state index contributed by atoms with van der Waals surface area (Å²) in [7, 11) is 0. The molecule has 0 aliphatic rings. The van der Waals surface area contributed by atoms with Crippen LogP contribution in [0.1, 0.15) is 44.1 Å². The summed E-state index contributed by atoms with van der Waals surface area (Å²) < 4.78 is 0. The second kappa shape index (κ2) is 5.73. The lowest BCUT2D eigenvalue weighted by Gasteiger charge is -2.26. The maximum absolute atomic E-state index is 5.48. The van der Waals surface area contributed by atoms with Crippen LogP contribution in [-0.4, -0.2) is 16.7 Å². The van der Waals surface area contributed by atoms with Crippen LogP contribution in [-0.2, 0) is 12.8 Å². The van der Waals surface area contributed by atoms with Crippen LogP contribution in [0, 0.1) is 11.3 Å².